The van der Waals surface area contributed by atoms with Crippen LogP contribution in [-0.4, -0.2) is 24.6 Å². The molecule has 74 valence electrons. The second kappa shape index (κ2) is 3.66. The Morgan fingerprint density at radius 2 is 2.38 bits per heavy atom. The van der Waals surface area contributed by atoms with Crippen LogP contribution in [0.25, 0.3) is 0 Å². The summed E-state index contributed by atoms with van der Waals surface area (Å²) in [6.45, 7) is 2.89. The molecular formula is C10H18N2O. The number of nitrogens with zero attached hydrogens (tertiary/aromatic N) is 1. The molecule has 0 saturated heterocycles. The molecule has 3 nitrogen and oxygen atoms in total. The molecule has 3 heteroatoms. The largest absolute Gasteiger partial charge is 0.475 e. The van der Waals surface area contributed by atoms with E-state index in [1.165, 1.54) is 6.42 Å². The van der Waals surface area contributed by atoms with Gasteiger partial charge in [-0.15, -0.1) is 0 Å². The van der Waals surface area contributed by atoms with Gasteiger partial charge in [0.1, 0.15) is 6.10 Å². The second-order valence-electron chi connectivity index (χ2n) is 4.01. The van der Waals surface area contributed by atoms with Gasteiger partial charge in [-0.05, 0) is 31.7 Å². The van der Waals surface area contributed by atoms with E-state index in [0.717, 1.165) is 31.7 Å². The smallest absolute Gasteiger partial charge is 0.183 e. The second-order valence-corrected chi connectivity index (χ2v) is 4.01. The Morgan fingerprint density at radius 1 is 1.54 bits per heavy atom. The predicted molar refractivity (Wildman–Crippen MR) is 52.8 cm³/mol. The Morgan fingerprint density at radius 3 is 3.08 bits per heavy atom. The van der Waals surface area contributed by atoms with E-state index >= 15 is 0 Å². The van der Waals surface area contributed by atoms with Gasteiger partial charge in [-0.25, -0.2) is 4.99 Å². The highest BCUT2D eigenvalue weighted by Gasteiger charge is 2.35. The highest BCUT2D eigenvalue weighted by Crippen LogP contribution is 2.32. The molecule has 0 amide bonds. The van der Waals surface area contributed by atoms with Crippen molar-refractivity contribution < 1.29 is 4.74 Å². The van der Waals surface area contributed by atoms with Gasteiger partial charge in [0.15, 0.2) is 5.90 Å². The molecule has 0 bridgehead atoms. The van der Waals surface area contributed by atoms with Crippen LogP contribution in [0.4, 0.5) is 0 Å². The summed E-state index contributed by atoms with van der Waals surface area (Å²) in [6.07, 6.45) is 4.77. The van der Waals surface area contributed by atoms with Gasteiger partial charge < -0.3 is 10.5 Å². The van der Waals surface area contributed by atoms with Crippen LogP contribution < -0.4 is 5.73 Å². The third kappa shape index (κ3) is 1.70. The molecule has 0 aromatic heterocycles. The van der Waals surface area contributed by atoms with E-state index < -0.39 is 0 Å². The number of aliphatic imine (C=N–C) groups is 1. The van der Waals surface area contributed by atoms with Gasteiger partial charge in [-0.2, -0.15) is 0 Å². The molecule has 0 aromatic rings. The van der Waals surface area contributed by atoms with Gasteiger partial charge in [0.05, 0.1) is 6.04 Å². The lowest BCUT2D eigenvalue weighted by molar-refractivity contribution is 0.120. The molecule has 2 rings (SSSR count). The zero-order chi connectivity index (χ0) is 9.26. The first-order valence-corrected chi connectivity index (χ1v) is 5.27. The summed E-state index contributed by atoms with van der Waals surface area (Å²) >= 11 is 0. The number of nitrogens with two attached hydrogens (primary N) is 1. The summed E-state index contributed by atoms with van der Waals surface area (Å²) < 4.78 is 5.74. The number of hydrogen-bond acceptors (Lipinski definition) is 3. The average molecular weight is 182 g/mol. The Labute approximate surface area is 79.4 Å². The van der Waals surface area contributed by atoms with Crippen molar-refractivity contribution in [3.8, 4) is 0 Å². The molecular weight excluding hydrogens is 164 g/mol. The van der Waals surface area contributed by atoms with Crippen molar-refractivity contribution >= 4 is 5.90 Å². The van der Waals surface area contributed by atoms with Crippen molar-refractivity contribution in [3.05, 3.63) is 0 Å². The number of hydrogen-bond donors (Lipinski definition) is 1. The van der Waals surface area contributed by atoms with Crippen LogP contribution in [0.5, 0.6) is 0 Å². The van der Waals surface area contributed by atoms with Crippen LogP contribution in [-0.2, 0) is 4.74 Å². The Kier molecular flexibility index (Phi) is 2.54. The first-order chi connectivity index (χ1) is 6.33. The Bertz CT molecular complexity index is 215. The van der Waals surface area contributed by atoms with Gasteiger partial charge in [0, 0.05) is 6.42 Å². The van der Waals surface area contributed by atoms with E-state index in [1.54, 1.807) is 0 Å². The molecule has 0 radical (unpaired) electrons. The highest BCUT2D eigenvalue weighted by molar-refractivity contribution is 5.77. The van der Waals surface area contributed by atoms with Crippen molar-refractivity contribution in [2.75, 3.05) is 6.54 Å². The van der Waals surface area contributed by atoms with Crippen LogP contribution in [0.3, 0.4) is 0 Å². The fourth-order valence-electron chi connectivity index (χ4n) is 2.25. The number of rotatable bonds is 2. The summed E-state index contributed by atoms with van der Waals surface area (Å²) in [5.41, 5.74) is 5.66. The third-order valence-electron chi connectivity index (χ3n) is 3.10. The Hall–Kier alpha value is -0.570. The zero-order valence-electron chi connectivity index (χ0n) is 8.20. The molecule has 1 saturated carbocycles. The molecule has 0 spiro atoms. The van der Waals surface area contributed by atoms with Crippen LogP contribution in [0.2, 0.25) is 0 Å². The maximum absolute atomic E-state index is 5.74. The van der Waals surface area contributed by atoms with E-state index in [9.17, 15) is 0 Å². The molecule has 13 heavy (non-hydrogen) atoms. The molecule has 0 aromatic carbocycles. The average Bonchev–Trinajstić information content (AvgIpc) is 2.58. The minimum Gasteiger partial charge on any atom is -0.475 e. The molecule has 1 fully saturated rings. The minimum absolute atomic E-state index is 0.345. The predicted octanol–water partition coefficient (Wildman–Crippen LogP) is 1.32. The summed E-state index contributed by atoms with van der Waals surface area (Å²) in [5, 5.41) is 0. The standard InChI is InChI=1S/C10H18N2O/c1-2-10-12-8-4-3-7(6-11)5-9(8)13-10/h7-9H,2-6,11H2,1H3. The molecule has 1 aliphatic carbocycles. The van der Waals surface area contributed by atoms with Crippen molar-refractivity contribution in [2.45, 2.75) is 44.8 Å². The quantitative estimate of drug-likeness (QED) is 0.700. The molecule has 3 atom stereocenters. The number of ether oxygens (including phenoxy) is 1. The first kappa shape index (κ1) is 9.00. The highest BCUT2D eigenvalue weighted by atomic mass is 16.5. The van der Waals surface area contributed by atoms with Gasteiger partial charge in [-0.3, -0.25) is 0 Å². The summed E-state index contributed by atoms with van der Waals surface area (Å²) in [7, 11) is 0. The van der Waals surface area contributed by atoms with Crippen LogP contribution in [0.1, 0.15) is 32.6 Å². The van der Waals surface area contributed by atoms with Crippen LogP contribution >= 0.6 is 0 Å². The van der Waals surface area contributed by atoms with Crippen molar-refractivity contribution in [1.29, 1.82) is 0 Å². The zero-order valence-corrected chi connectivity index (χ0v) is 8.20. The molecule has 1 aliphatic heterocycles. The van der Waals surface area contributed by atoms with Crippen molar-refractivity contribution in [3.63, 3.8) is 0 Å². The molecule has 2 aliphatic rings. The minimum atomic E-state index is 0.345. The topological polar surface area (TPSA) is 47.6 Å². The molecule has 1 heterocycles. The van der Waals surface area contributed by atoms with Crippen molar-refractivity contribution in [1.82, 2.24) is 0 Å². The first-order valence-electron chi connectivity index (χ1n) is 5.27. The SMILES string of the molecule is CCC1=NC2CCC(CN)CC2O1. The van der Waals surface area contributed by atoms with Gasteiger partial charge in [0.2, 0.25) is 0 Å². The van der Waals surface area contributed by atoms with E-state index in [0.29, 0.717) is 18.1 Å². The lowest BCUT2D eigenvalue weighted by Crippen LogP contribution is -2.33. The fraction of sp³-hybridized carbons (Fsp3) is 0.900. The summed E-state index contributed by atoms with van der Waals surface area (Å²) in [6, 6.07) is 0.442. The fourth-order valence-corrected chi connectivity index (χ4v) is 2.25. The lowest BCUT2D eigenvalue weighted by Gasteiger charge is -2.28. The molecule has 3 unspecified atom stereocenters. The van der Waals surface area contributed by atoms with E-state index in [4.69, 9.17) is 10.5 Å². The van der Waals surface area contributed by atoms with Gasteiger partial charge >= 0.3 is 0 Å². The van der Waals surface area contributed by atoms with E-state index in [-0.39, 0.29) is 0 Å². The maximum atomic E-state index is 5.74. The third-order valence-corrected chi connectivity index (χ3v) is 3.10. The summed E-state index contributed by atoms with van der Waals surface area (Å²) in [5.74, 6) is 1.61. The van der Waals surface area contributed by atoms with Crippen LogP contribution in [0, 0.1) is 5.92 Å². The van der Waals surface area contributed by atoms with E-state index in [1.807, 2.05) is 0 Å². The maximum Gasteiger partial charge on any atom is 0.183 e. The lowest BCUT2D eigenvalue weighted by atomic mass is 9.84. The van der Waals surface area contributed by atoms with E-state index in [2.05, 4.69) is 11.9 Å². The summed E-state index contributed by atoms with van der Waals surface area (Å²) in [4.78, 5) is 4.55. The Balaban J connectivity index is 1.95. The number of fused-ring (bicyclic) bond motifs is 1. The van der Waals surface area contributed by atoms with Gasteiger partial charge in [0.25, 0.3) is 0 Å². The van der Waals surface area contributed by atoms with Crippen molar-refractivity contribution in [2.24, 2.45) is 16.6 Å². The van der Waals surface area contributed by atoms with Crippen LogP contribution in [0.15, 0.2) is 4.99 Å². The molecule has 2 N–H and O–H groups in total. The normalized spacial score (nSPS) is 38.0. The monoisotopic (exact) mass is 182 g/mol. The van der Waals surface area contributed by atoms with Gasteiger partial charge in [-0.1, -0.05) is 6.92 Å².